The summed E-state index contributed by atoms with van der Waals surface area (Å²) in [6, 6.07) is 24.2. The molecule has 0 bridgehead atoms. The number of carbonyl (C=O) groups is 7. The van der Waals surface area contributed by atoms with Crippen molar-refractivity contribution in [1.29, 1.82) is 0 Å². The highest BCUT2D eigenvalue weighted by Crippen LogP contribution is 2.36. The van der Waals surface area contributed by atoms with E-state index in [9.17, 15) is 58.8 Å². The van der Waals surface area contributed by atoms with Gasteiger partial charge in [0.25, 0.3) is 65.8 Å². The van der Waals surface area contributed by atoms with Gasteiger partial charge in [-0.15, -0.1) is 39.8 Å². The number of hydrogen-bond donors (Lipinski definition) is 0. The van der Waals surface area contributed by atoms with Crippen LogP contribution in [0.15, 0.2) is 91.0 Å². The molecule has 20 nitrogen and oxygen atoms in total. The van der Waals surface area contributed by atoms with E-state index in [1.165, 1.54) is 49.9 Å². The number of thioether (sulfide) groups is 1. The number of rotatable bonds is 20. The molecule has 0 aliphatic carbocycles. The average Bonchev–Trinajstić information content (AvgIpc) is 0.795. The Morgan fingerprint density at radius 2 is 0.816 bits per heavy atom. The monoisotopic (exact) mass is 1260 g/mol. The molecule has 0 aromatic heterocycles. The Morgan fingerprint density at radius 3 is 1.21 bits per heavy atom. The minimum atomic E-state index is -4.07. The highest BCUT2D eigenvalue weighted by atomic mass is 32.2. The van der Waals surface area contributed by atoms with Crippen LogP contribution < -0.4 is 0 Å². The maximum Gasteiger partial charge on any atom is 0.286 e. The second kappa shape index (κ2) is 29.5. The molecule has 24 heteroatoms. The van der Waals surface area contributed by atoms with Crippen molar-refractivity contribution in [1.82, 2.24) is 15.2 Å². The van der Waals surface area contributed by atoms with E-state index >= 15 is 0 Å². The maximum absolute atomic E-state index is 12.7. The van der Waals surface area contributed by atoms with Gasteiger partial charge in [0.1, 0.15) is 6.61 Å². The largest absolute Gasteiger partial charge is 0.369 e. The van der Waals surface area contributed by atoms with Crippen molar-refractivity contribution < 1.29 is 76.4 Å². The van der Waals surface area contributed by atoms with Crippen LogP contribution in [0.3, 0.4) is 0 Å². The van der Waals surface area contributed by atoms with E-state index < -0.39 is 65.8 Å². The second-order valence-corrected chi connectivity index (χ2v) is 25.7. The molecule has 6 amide bonds. The van der Waals surface area contributed by atoms with Crippen LogP contribution in [-0.2, 0) is 52.7 Å². The fourth-order valence-corrected chi connectivity index (χ4v) is 11.2. The summed E-state index contributed by atoms with van der Waals surface area (Å²) >= 11 is 1.79. The molecule has 3 aliphatic rings. The molecule has 6 aromatic rings. The molecule has 87 heavy (non-hydrogen) atoms. The van der Waals surface area contributed by atoms with E-state index in [2.05, 4.69) is 69.1 Å². The predicted octanol–water partition coefficient (Wildman–Crippen LogP) is 9.32. The highest BCUT2D eigenvalue weighted by Gasteiger charge is 2.39. The fourth-order valence-electron chi connectivity index (χ4n) is 9.28. The van der Waals surface area contributed by atoms with Crippen molar-refractivity contribution in [2.24, 2.45) is 0 Å². The summed E-state index contributed by atoms with van der Waals surface area (Å²) in [7, 11) is -12.2. The summed E-state index contributed by atoms with van der Waals surface area (Å²) < 4.78 is 87.8. The standard InChI is InChI=1S/C22H23NO5S2.C21H19NO6S.C20H19NO6S/c1-3-4-5-6-14-29-15-8-9-16-12-13-19-20-17(16)10-7-11-18(20)21(24)23(22(19)25)28-30(2,26)27;1-3-4-5-7-15(23)12-10-14-11-13-18-19-16(14)8-6-9-17(19)20(24)22(21(18)25)28-29(2,26)27;1-3-4-12-26-13-6-7-14-10-11-17-18-15(14)8-5-9-16(18)19(22)21(20(17)23)27-28(2,24)25/h7,10-13H,3-6,14-15H2,1-2H3;6,8-9,11,13H,3-5,7H2,1-2H3;5,8-11H,3-4,12-13H2,1-2H3. The number of hydroxylamine groups is 6. The Hall–Kier alpha value is -8.09. The number of nitrogens with zero attached hydrogens (tertiary/aromatic N) is 3. The Morgan fingerprint density at radius 1 is 0.448 bits per heavy atom. The third-order valence-electron chi connectivity index (χ3n) is 13.2. The number of Topliss-reactive ketones (excluding diaryl/α,β-unsaturated/α-hetero) is 1. The molecule has 0 saturated carbocycles. The van der Waals surface area contributed by atoms with Crippen LogP contribution in [-0.4, -0.2) is 125 Å². The Bertz CT molecular complexity index is 4250. The third-order valence-corrected chi connectivity index (χ3v) is 15.3. The summed E-state index contributed by atoms with van der Waals surface area (Å²) in [5.74, 6) is 14.3. The van der Waals surface area contributed by atoms with Gasteiger partial charge in [0.2, 0.25) is 5.78 Å². The summed E-state index contributed by atoms with van der Waals surface area (Å²) in [5.41, 5.74) is 2.90. The number of hydrogen-bond acceptors (Lipinski definition) is 18. The van der Waals surface area contributed by atoms with E-state index in [0.717, 1.165) is 62.2 Å². The van der Waals surface area contributed by atoms with Gasteiger partial charge in [0.15, 0.2) is 0 Å². The van der Waals surface area contributed by atoms with Crippen molar-refractivity contribution in [3.05, 3.63) is 141 Å². The molecule has 0 saturated heterocycles. The van der Waals surface area contributed by atoms with Gasteiger partial charge in [-0.3, -0.25) is 33.6 Å². The van der Waals surface area contributed by atoms with Gasteiger partial charge in [-0.2, -0.15) is 25.3 Å². The Balaban J connectivity index is 0.000000187. The van der Waals surface area contributed by atoms with E-state index in [4.69, 9.17) is 4.74 Å². The molecule has 0 unspecified atom stereocenters. The van der Waals surface area contributed by atoms with Crippen LogP contribution in [0.1, 0.15) is 164 Å². The van der Waals surface area contributed by atoms with Crippen molar-refractivity contribution in [2.45, 2.75) is 85.0 Å². The lowest BCUT2D eigenvalue weighted by Gasteiger charge is -2.25. The van der Waals surface area contributed by atoms with Gasteiger partial charge in [-0.25, -0.2) is 0 Å². The van der Waals surface area contributed by atoms with Crippen LogP contribution in [0.25, 0.3) is 32.3 Å². The van der Waals surface area contributed by atoms with E-state index in [1.807, 2.05) is 0 Å². The number of ether oxygens (including phenoxy) is 1. The van der Waals surface area contributed by atoms with Gasteiger partial charge in [-0.05, 0) is 102 Å². The number of imide groups is 3. The van der Waals surface area contributed by atoms with Gasteiger partial charge >= 0.3 is 0 Å². The van der Waals surface area contributed by atoms with Crippen LogP contribution in [0.5, 0.6) is 0 Å². The zero-order valence-electron chi connectivity index (χ0n) is 48.5. The van der Waals surface area contributed by atoms with Crippen molar-refractivity contribution in [2.75, 3.05) is 43.5 Å². The van der Waals surface area contributed by atoms with E-state index in [-0.39, 0.29) is 55.9 Å². The summed E-state index contributed by atoms with van der Waals surface area (Å²) in [5, 5.41) is 3.95. The minimum absolute atomic E-state index is 0.124. The smallest absolute Gasteiger partial charge is 0.286 e. The molecule has 454 valence electrons. The molecule has 0 spiro atoms. The number of carbonyl (C=O) groups excluding carboxylic acids is 7. The van der Waals surface area contributed by atoms with Gasteiger partial charge in [-0.1, -0.05) is 125 Å². The van der Waals surface area contributed by atoms with Crippen LogP contribution >= 0.6 is 11.8 Å². The molecule has 9 rings (SSSR count). The quantitative estimate of drug-likeness (QED) is 0.0391. The summed E-state index contributed by atoms with van der Waals surface area (Å²) in [4.78, 5) is 87.8. The van der Waals surface area contributed by atoms with Crippen LogP contribution in [0.2, 0.25) is 0 Å². The molecular formula is C63H61N3O17S4. The Labute approximate surface area is 509 Å². The highest BCUT2D eigenvalue weighted by molar-refractivity contribution is 7.99. The van der Waals surface area contributed by atoms with E-state index in [0.29, 0.717) is 67.3 Å². The van der Waals surface area contributed by atoms with Gasteiger partial charge in [0, 0.05) is 45.9 Å². The zero-order chi connectivity index (χ0) is 63.2. The summed E-state index contributed by atoms with van der Waals surface area (Å²) in [6.07, 6.45) is 12.4. The second-order valence-electron chi connectivity index (χ2n) is 20.0. The molecule has 3 heterocycles. The lowest BCUT2D eigenvalue weighted by molar-refractivity contribution is -0.113. The first-order valence-electron chi connectivity index (χ1n) is 27.6. The van der Waals surface area contributed by atoms with Crippen molar-refractivity contribution >= 4 is 116 Å². The first-order valence-corrected chi connectivity index (χ1v) is 34.2. The molecule has 0 radical (unpaired) electrons. The normalized spacial score (nSPS) is 13.5. The number of ketones is 1. The summed E-state index contributed by atoms with van der Waals surface area (Å²) in [6.45, 7) is 7.26. The first kappa shape index (κ1) is 66.4. The lowest BCUT2D eigenvalue weighted by atomic mass is 9.92. The lowest BCUT2D eigenvalue weighted by Crippen LogP contribution is -2.41. The number of benzene rings is 6. The van der Waals surface area contributed by atoms with Gasteiger partial charge in [0.05, 0.1) is 57.9 Å². The minimum Gasteiger partial charge on any atom is -0.369 e. The fraction of sp³-hybridized carbons (Fsp3) is 0.317. The first-order chi connectivity index (χ1) is 41.4. The van der Waals surface area contributed by atoms with E-state index in [1.54, 1.807) is 78.5 Å². The molecule has 0 N–H and O–H groups in total. The predicted molar refractivity (Wildman–Crippen MR) is 328 cm³/mol. The topological polar surface area (TPSA) is 269 Å². The molecular weight excluding hydrogens is 1200 g/mol. The van der Waals surface area contributed by atoms with Crippen molar-refractivity contribution in [3.8, 4) is 35.5 Å². The molecule has 0 atom stereocenters. The number of unbranched alkanes of at least 4 members (excludes halogenated alkanes) is 6. The molecule has 6 aromatic carbocycles. The SMILES string of the molecule is CCCCCC(=O)C#Cc1ccc2c3c(cccc13)C(=O)N(OS(C)(=O)=O)C2=O.CCCCCCSCC#Cc1ccc2c3c(cccc13)C(=O)N(OS(C)(=O)=O)C2=O.CCCCOCC#Cc1ccc2c3c(cccc13)C(=O)N(OS(C)(=O)=O)C2=O. The zero-order valence-corrected chi connectivity index (χ0v) is 51.7. The average molecular weight is 1260 g/mol. The third kappa shape index (κ3) is 16.7. The van der Waals surface area contributed by atoms with Crippen molar-refractivity contribution in [3.63, 3.8) is 0 Å². The molecule has 3 aliphatic heterocycles. The maximum atomic E-state index is 12.7. The van der Waals surface area contributed by atoms with Gasteiger partial charge < -0.3 is 4.74 Å². The van der Waals surface area contributed by atoms with Crippen LogP contribution in [0, 0.1) is 35.5 Å². The number of amides is 6. The molecule has 0 fully saturated rings. The Kier molecular flexibility index (Phi) is 22.6. The van der Waals surface area contributed by atoms with Crippen LogP contribution in [0.4, 0.5) is 0 Å².